The van der Waals surface area contributed by atoms with Crippen LogP contribution in [0.3, 0.4) is 0 Å². The fraction of sp³-hybridized carbons (Fsp3) is 0.500. The van der Waals surface area contributed by atoms with Gasteiger partial charge in [-0.05, 0) is 0 Å². The highest BCUT2D eigenvalue weighted by atomic mass is 31.2. The number of phosphoric acid groups is 1. The van der Waals surface area contributed by atoms with E-state index in [2.05, 4.69) is 29.9 Å². The molecule has 0 saturated carbocycles. The van der Waals surface area contributed by atoms with E-state index in [0.29, 0.717) is 0 Å². The number of nitrogens with one attached hydrogen (secondary N) is 1. The van der Waals surface area contributed by atoms with Crippen molar-refractivity contribution in [3.05, 3.63) is 35.7 Å². The maximum Gasteiger partial charge on any atom is 0.472 e. The van der Waals surface area contributed by atoms with Crippen LogP contribution in [0.1, 0.15) is 18.9 Å². The summed E-state index contributed by atoms with van der Waals surface area (Å²) >= 11 is 0. The van der Waals surface area contributed by atoms with Crippen LogP contribution in [-0.4, -0.2) is 108 Å². The highest BCUT2D eigenvalue weighted by Crippen LogP contribution is 2.50. The first-order valence-electron chi connectivity index (χ1n) is 12.3. The molecule has 232 valence electrons. The number of phosphoric ester groups is 1. The number of anilines is 1. The van der Waals surface area contributed by atoms with Crippen molar-refractivity contribution < 1.29 is 52.8 Å². The zero-order valence-corrected chi connectivity index (χ0v) is 23.5. The average Bonchev–Trinajstić information content (AvgIpc) is 3.74. The quantitative estimate of drug-likeness (QED) is 0.103. The maximum absolute atomic E-state index is 12.9. The molecule has 43 heavy (non-hydrogen) atoms. The number of aromatic amines is 1. The van der Waals surface area contributed by atoms with E-state index in [9.17, 15) is 29.6 Å². The number of nitrogens with two attached hydrogens (primary N) is 1. The molecule has 0 spiro atoms. The van der Waals surface area contributed by atoms with Gasteiger partial charge < -0.3 is 45.3 Å². The number of H-pyrrole nitrogens is 1. The summed E-state index contributed by atoms with van der Waals surface area (Å²) in [6.45, 7) is -1.05. The molecule has 2 aliphatic heterocycles. The predicted octanol–water partition coefficient (Wildman–Crippen LogP) is -1.87. The van der Waals surface area contributed by atoms with Crippen molar-refractivity contribution in [2.75, 3.05) is 18.9 Å². The Morgan fingerprint density at radius 1 is 1.07 bits per heavy atom. The second-order valence-corrected chi connectivity index (χ2v) is 10.8. The molecule has 8 atom stereocenters. The third-order valence-corrected chi connectivity index (χ3v) is 7.67. The summed E-state index contributed by atoms with van der Waals surface area (Å²) in [7, 11) is -5.66. The summed E-state index contributed by atoms with van der Waals surface area (Å²) in [5.41, 5.74) is 5.96. The number of imidazole rings is 2. The Labute approximate surface area is 240 Å². The van der Waals surface area contributed by atoms with E-state index in [0.717, 1.165) is 0 Å². The lowest BCUT2D eigenvalue weighted by Gasteiger charge is -2.23. The van der Waals surface area contributed by atoms with Crippen LogP contribution in [0.25, 0.3) is 22.3 Å². The number of aliphatic hydroxyl groups excluding tert-OH is 3. The molecule has 0 amide bonds. The molecule has 8 N–H and O–H groups in total. The van der Waals surface area contributed by atoms with Crippen molar-refractivity contribution in [2.45, 2.75) is 49.4 Å². The number of nitrogens with zero attached hydrogens (tertiary/aromatic N) is 7. The topological polar surface area (TPSA) is 305 Å². The average molecular weight is 645 g/mol. The monoisotopic (exact) mass is 645 g/mol. The van der Waals surface area contributed by atoms with Gasteiger partial charge in [-0.3, -0.25) is 23.0 Å². The molecule has 6 rings (SSSR count). The van der Waals surface area contributed by atoms with E-state index in [-0.39, 0.29) is 34.6 Å². The van der Waals surface area contributed by atoms with Gasteiger partial charge in [0.25, 0.3) is 5.56 Å². The Morgan fingerprint density at radius 2 is 1.74 bits per heavy atom. The van der Waals surface area contributed by atoms with Crippen molar-refractivity contribution >= 4 is 44.7 Å². The summed E-state index contributed by atoms with van der Waals surface area (Å²) in [4.78, 5) is 52.0. The number of hydrogen-bond donors (Lipinski definition) is 7. The summed E-state index contributed by atoms with van der Waals surface area (Å²) in [5, 5.41) is 30.7. The summed E-state index contributed by atoms with van der Waals surface area (Å²) in [6, 6.07) is 0. The van der Waals surface area contributed by atoms with Crippen LogP contribution in [0.5, 0.6) is 0 Å². The lowest BCUT2D eigenvalue weighted by Crippen LogP contribution is -2.33. The zero-order valence-electron chi connectivity index (χ0n) is 21.7. The van der Waals surface area contributed by atoms with Crippen molar-refractivity contribution in [1.29, 1.82) is 0 Å². The molecule has 23 heteroatoms. The molecular formula is C20H25N9O12P2. The molecule has 6 heterocycles. The van der Waals surface area contributed by atoms with E-state index >= 15 is 0 Å². The largest absolute Gasteiger partial charge is 0.472 e. The van der Waals surface area contributed by atoms with Gasteiger partial charge in [0.15, 0.2) is 35.1 Å². The highest BCUT2D eigenvalue weighted by Gasteiger charge is 2.47. The van der Waals surface area contributed by atoms with Gasteiger partial charge in [-0.25, -0.2) is 34.0 Å². The number of fused-ring (bicyclic) bond motifs is 2. The van der Waals surface area contributed by atoms with Crippen molar-refractivity contribution in [2.24, 2.45) is 0 Å². The Morgan fingerprint density at radius 3 is 2.47 bits per heavy atom. The van der Waals surface area contributed by atoms with Crippen molar-refractivity contribution in [3.8, 4) is 0 Å². The molecule has 4 aromatic heterocycles. The third-order valence-electron chi connectivity index (χ3n) is 6.66. The van der Waals surface area contributed by atoms with Gasteiger partial charge in [0.2, 0.25) is 0 Å². The first kappa shape index (κ1) is 31.1. The number of nitrogen functional groups attached to an aromatic ring is 1. The van der Waals surface area contributed by atoms with Gasteiger partial charge in [0, 0.05) is 6.42 Å². The van der Waals surface area contributed by atoms with E-state index in [4.69, 9.17) is 33.7 Å². The maximum atomic E-state index is 12.9. The van der Waals surface area contributed by atoms with Crippen molar-refractivity contribution in [3.63, 3.8) is 0 Å². The number of rotatable bonds is 8. The lowest BCUT2D eigenvalue weighted by molar-refractivity contribution is -0.0615. The van der Waals surface area contributed by atoms with Crippen LogP contribution in [0, 0.1) is 0 Å². The van der Waals surface area contributed by atoms with Gasteiger partial charge in [0.05, 0.1) is 38.3 Å². The first-order valence-corrected chi connectivity index (χ1v) is 14.6. The minimum atomic E-state index is -4.82. The van der Waals surface area contributed by atoms with Gasteiger partial charge >= 0.3 is 16.5 Å². The molecular weight excluding hydrogens is 620 g/mol. The minimum absolute atomic E-state index is 0.0000255. The minimum Gasteiger partial charge on any atom is -0.394 e. The molecule has 0 radical (unpaired) electrons. The molecule has 1 unspecified atom stereocenters. The molecule has 0 bridgehead atoms. The van der Waals surface area contributed by atoms with Crippen LogP contribution in [0.4, 0.5) is 5.82 Å². The van der Waals surface area contributed by atoms with Gasteiger partial charge in [0.1, 0.15) is 36.3 Å². The number of aliphatic hydroxyl groups is 3. The number of hydrogen-bond acceptors (Lipinski definition) is 16. The predicted molar refractivity (Wildman–Crippen MR) is 140 cm³/mol. The molecule has 21 nitrogen and oxygen atoms in total. The standard InChI is InChI=1S/C20H24N9O10P.HO2P/c21-15-11-16(23-4-22-15)29(6-26-11)20-14(32)13(31)10(38-20)3-36-40(34,35)39-9-1-8(2-30)37-19(9)28-7-27-12-17(28)24-5-25-18(12)33;1-3-2/h4-10,13-14,19-20,30-32H,1-3H2,(H,34,35)(H2,21,22,23)(H,24,25,33);(H,1,2)/t8-,9+,10+,13+,14+,19+,20+;/m0./s1. The smallest absolute Gasteiger partial charge is 0.394 e. The Bertz CT molecular complexity index is 1700. The van der Waals surface area contributed by atoms with Crippen LogP contribution >= 0.6 is 16.5 Å². The lowest BCUT2D eigenvalue weighted by atomic mass is 10.1. The normalized spacial score (nSPS) is 28.7. The van der Waals surface area contributed by atoms with Crippen LogP contribution in [-0.2, 0) is 27.7 Å². The van der Waals surface area contributed by atoms with Gasteiger partial charge in [-0.1, -0.05) is 0 Å². The van der Waals surface area contributed by atoms with Gasteiger partial charge in [-0.15, -0.1) is 0 Å². The fourth-order valence-corrected chi connectivity index (χ4v) is 5.67. The third kappa shape index (κ3) is 6.19. The zero-order chi connectivity index (χ0) is 30.9. The molecule has 4 aromatic rings. The van der Waals surface area contributed by atoms with Crippen LogP contribution < -0.4 is 11.3 Å². The van der Waals surface area contributed by atoms with E-state index in [1.54, 1.807) is 0 Å². The van der Waals surface area contributed by atoms with Crippen LogP contribution in [0.2, 0.25) is 0 Å². The van der Waals surface area contributed by atoms with Crippen LogP contribution in [0.15, 0.2) is 30.1 Å². The Hall–Kier alpha value is -3.33. The Kier molecular flexibility index (Phi) is 9.20. The van der Waals surface area contributed by atoms with E-state index in [1.807, 2.05) is 0 Å². The van der Waals surface area contributed by atoms with Crippen molar-refractivity contribution in [1.82, 2.24) is 39.0 Å². The number of aromatic nitrogens is 8. The fourth-order valence-electron chi connectivity index (χ4n) is 4.74. The molecule has 2 fully saturated rings. The second-order valence-electron chi connectivity index (χ2n) is 9.24. The second kappa shape index (κ2) is 12.7. The summed E-state index contributed by atoms with van der Waals surface area (Å²) in [6.07, 6.45) is -3.40. The summed E-state index contributed by atoms with van der Waals surface area (Å²) in [5.74, 6) is 0.110. The summed E-state index contributed by atoms with van der Waals surface area (Å²) < 4.78 is 46.0. The first-order chi connectivity index (χ1) is 20.6. The van der Waals surface area contributed by atoms with E-state index in [1.165, 1.54) is 34.4 Å². The molecule has 2 aliphatic rings. The van der Waals surface area contributed by atoms with Gasteiger partial charge in [-0.2, -0.15) is 0 Å². The highest BCUT2D eigenvalue weighted by molar-refractivity contribution is 7.47. The number of ether oxygens (including phenoxy) is 2. The molecule has 0 aliphatic carbocycles. The van der Waals surface area contributed by atoms with E-state index < -0.39 is 78.3 Å². The molecule has 0 aromatic carbocycles. The SMILES string of the molecule is Nc1ncnc2c1ncn2[C@@H]1O[C@H](COP(=O)(O)O[C@@H]2C[C@@H](CO)O[C@H]2n2cnc3c(=O)[nH]cnc32)[C@@H](O)[C@H]1O.O=PO. The molecule has 2 saturated heterocycles. The Balaban J connectivity index is 0.00000118.